The van der Waals surface area contributed by atoms with E-state index in [0.717, 1.165) is 25.1 Å². The lowest BCUT2D eigenvalue weighted by Crippen LogP contribution is -2.56. The molecule has 2 unspecified atom stereocenters. The number of aliphatic hydroxyl groups excluding tert-OH is 1. The van der Waals surface area contributed by atoms with E-state index < -0.39 is 33.3 Å². The van der Waals surface area contributed by atoms with E-state index in [-0.39, 0.29) is 30.3 Å². The van der Waals surface area contributed by atoms with Gasteiger partial charge in [0.15, 0.2) is 0 Å². The molecule has 1 N–H and O–H groups in total. The third-order valence-electron chi connectivity index (χ3n) is 8.18. The van der Waals surface area contributed by atoms with Crippen LogP contribution in [0, 0.1) is 16.7 Å². The predicted octanol–water partition coefficient (Wildman–Crippen LogP) is 3.13. The monoisotopic (exact) mass is 461 g/mol. The molecule has 31 heavy (non-hydrogen) atoms. The summed E-state index contributed by atoms with van der Waals surface area (Å²) in [6.45, 7) is 6.83. The molecule has 0 amide bonds. The molecule has 4 rings (SSSR count). The van der Waals surface area contributed by atoms with E-state index in [2.05, 4.69) is 18.8 Å². The Morgan fingerprint density at radius 2 is 1.97 bits per heavy atom. The fourth-order valence-corrected chi connectivity index (χ4v) is 8.38. The van der Waals surface area contributed by atoms with E-state index in [1.54, 1.807) is 0 Å². The summed E-state index contributed by atoms with van der Waals surface area (Å²) in [5.74, 6) is 0.692. The van der Waals surface area contributed by atoms with Gasteiger partial charge in [0.2, 0.25) is 10.0 Å². The zero-order chi connectivity index (χ0) is 22.8. The number of sulfonamides is 1. The van der Waals surface area contributed by atoms with Crippen molar-refractivity contribution in [3.8, 4) is 0 Å². The van der Waals surface area contributed by atoms with E-state index >= 15 is 0 Å². The predicted molar refractivity (Wildman–Crippen MR) is 111 cm³/mol. The average Bonchev–Trinajstić information content (AvgIpc) is 3.01. The van der Waals surface area contributed by atoms with Gasteiger partial charge in [0.1, 0.15) is 5.82 Å². The Morgan fingerprint density at radius 1 is 1.26 bits per heavy atom. The number of hydrogen-bond acceptors (Lipinski definition) is 5. The molecular weight excluding hydrogens is 431 g/mol. The smallest absolute Gasteiger partial charge is 0.392 e. The van der Waals surface area contributed by atoms with Gasteiger partial charge in [-0.25, -0.2) is 13.4 Å². The molecule has 2 bridgehead atoms. The van der Waals surface area contributed by atoms with Crippen LogP contribution in [0.15, 0.2) is 18.3 Å². The van der Waals surface area contributed by atoms with Gasteiger partial charge in [0.25, 0.3) is 0 Å². The zero-order valence-corrected chi connectivity index (χ0v) is 18.9. The van der Waals surface area contributed by atoms with Crippen molar-refractivity contribution >= 4 is 15.8 Å². The van der Waals surface area contributed by atoms with Crippen LogP contribution in [0.25, 0.3) is 0 Å². The molecule has 1 aliphatic heterocycles. The second-order valence-corrected chi connectivity index (χ2v) is 11.9. The number of piperazine rings is 1. The third-order valence-corrected chi connectivity index (χ3v) is 10.2. The number of pyridine rings is 1. The highest BCUT2D eigenvalue weighted by Gasteiger charge is 2.65. The van der Waals surface area contributed by atoms with Crippen molar-refractivity contribution in [1.82, 2.24) is 9.29 Å². The van der Waals surface area contributed by atoms with Gasteiger partial charge in [0.05, 0.1) is 17.4 Å². The van der Waals surface area contributed by atoms with Gasteiger partial charge in [-0.05, 0) is 49.7 Å². The number of aliphatic hydroxyl groups is 1. The molecule has 1 aromatic rings. The third kappa shape index (κ3) is 3.64. The second kappa shape index (κ2) is 7.31. The van der Waals surface area contributed by atoms with Gasteiger partial charge in [0, 0.05) is 37.3 Å². The lowest BCUT2D eigenvalue weighted by molar-refractivity contribution is -0.137. The molecule has 0 radical (unpaired) electrons. The fourth-order valence-electron chi connectivity index (χ4n) is 6.04. The normalized spacial score (nSPS) is 33.8. The minimum absolute atomic E-state index is 0.0596. The Bertz CT molecular complexity index is 935. The molecule has 2 heterocycles. The van der Waals surface area contributed by atoms with Crippen LogP contribution in [0.5, 0.6) is 0 Å². The molecule has 10 heteroatoms. The summed E-state index contributed by atoms with van der Waals surface area (Å²) in [6.07, 6.45) is -1.91. The second-order valence-electron chi connectivity index (χ2n) is 9.92. The molecule has 2 saturated carbocycles. The first-order chi connectivity index (χ1) is 14.3. The Kier molecular flexibility index (Phi) is 5.38. The molecule has 1 aromatic heterocycles. The summed E-state index contributed by atoms with van der Waals surface area (Å²) in [4.78, 5) is 5.79. The molecule has 6 nitrogen and oxygen atoms in total. The molecule has 3 fully saturated rings. The summed E-state index contributed by atoms with van der Waals surface area (Å²) < 4.78 is 66.6. The molecule has 3 aliphatic rings. The van der Waals surface area contributed by atoms with Crippen LogP contribution in [0.2, 0.25) is 0 Å². The fraction of sp³-hybridized carbons (Fsp3) is 0.762. The maximum absolute atomic E-state index is 13.4. The number of rotatable bonds is 4. The van der Waals surface area contributed by atoms with E-state index in [1.807, 2.05) is 11.8 Å². The van der Waals surface area contributed by atoms with Crippen LogP contribution in [-0.4, -0.2) is 60.3 Å². The highest BCUT2D eigenvalue weighted by atomic mass is 32.2. The van der Waals surface area contributed by atoms with Gasteiger partial charge in [-0.3, -0.25) is 0 Å². The lowest BCUT2D eigenvalue weighted by atomic mass is 9.70. The van der Waals surface area contributed by atoms with Crippen LogP contribution in [-0.2, 0) is 16.2 Å². The number of alkyl halides is 3. The van der Waals surface area contributed by atoms with Crippen LogP contribution in [0.3, 0.4) is 0 Å². The SMILES string of the molecule is CC1CN(S(=O)(=O)C[C@]23CC[C@@H](CC2O)C3(C)C)CCN1c1ccc(C(F)(F)F)cn1. The zero-order valence-electron chi connectivity index (χ0n) is 18.1. The molecule has 0 aromatic carbocycles. The molecule has 0 spiro atoms. The number of hydrogen-bond donors (Lipinski definition) is 1. The van der Waals surface area contributed by atoms with Crippen LogP contribution >= 0.6 is 0 Å². The van der Waals surface area contributed by atoms with E-state index in [9.17, 15) is 26.7 Å². The summed E-state index contributed by atoms with van der Waals surface area (Å²) in [5.41, 5.74) is -1.65. The van der Waals surface area contributed by atoms with E-state index in [1.165, 1.54) is 10.4 Å². The minimum Gasteiger partial charge on any atom is -0.392 e. The Morgan fingerprint density at radius 3 is 2.45 bits per heavy atom. The molecule has 1 saturated heterocycles. The van der Waals surface area contributed by atoms with E-state index in [4.69, 9.17) is 0 Å². The van der Waals surface area contributed by atoms with Crippen molar-refractivity contribution in [2.75, 3.05) is 30.3 Å². The molecule has 4 atom stereocenters. The largest absolute Gasteiger partial charge is 0.417 e. The summed E-state index contributed by atoms with van der Waals surface area (Å²) >= 11 is 0. The van der Waals surface area contributed by atoms with Crippen LogP contribution in [0.1, 0.15) is 45.6 Å². The molecule has 2 aliphatic carbocycles. The Hall–Kier alpha value is -1.39. The summed E-state index contributed by atoms with van der Waals surface area (Å²) in [6, 6.07) is 2.10. The highest BCUT2D eigenvalue weighted by molar-refractivity contribution is 7.89. The molecular formula is C21H30F3N3O3S. The highest BCUT2D eigenvalue weighted by Crippen LogP contribution is 2.66. The number of aromatic nitrogens is 1. The number of halogens is 3. The van der Waals surface area contributed by atoms with Gasteiger partial charge in [-0.2, -0.15) is 17.5 Å². The quantitative estimate of drug-likeness (QED) is 0.746. The van der Waals surface area contributed by atoms with Crippen molar-refractivity contribution < 1.29 is 26.7 Å². The lowest BCUT2D eigenvalue weighted by Gasteiger charge is -2.44. The number of anilines is 1. The maximum Gasteiger partial charge on any atom is 0.417 e. The number of nitrogens with zero attached hydrogens (tertiary/aromatic N) is 3. The van der Waals surface area contributed by atoms with Gasteiger partial charge >= 0.3 is 6.18 Å². The van der Waals surface area contributed by atoms with Crippen molar-refractivity contribution in [3.63, 3.8) is 0 Å². The first kappa shape index (κ1) is 22.8. The Labute approximate surface area is 181 Å². The van der Waals surface area contributed by atoms with Crippen LogP contribution in [0.4, 0.5) is 19.0 Å². The minimum atomic E-state index is -4.44. The topological polar surface area (TPSA) is 73.7 Å². The van der Waals surface area contributed by atoms with Crippen molar-refractivity contribution in [2.24, 2.45) is 16.7 Å². The van der Waals surface area contributed by atoms with Gasteiger partial charge < -0.3 is 10.0 Å². The molecule has 174 valence electrons. The van der Waals surface area contributed by atoms with E-state index in [0.29, 0.717) is 24.7 Å². The standard InChI is InChI=1S/C21H30F3N3O3S/c1-14-12-26(8-9-27(14)18-5-4-16(11-25-18)21(22,23)24)31(29,30)13-20-7-6-15(10-17(20)28)19(20,2)3/h4-5,11,14-15,17,28H,6-10,12-13H2,1-3H3/t14?,15-,17?,20+/m0/s1. The van der Waals surface area contributed by atoms with Gasteiger partial charge in [-0.15, -0.1) is 0 Å². The maximum atomic E-state index is 13.4. The first-order valence-electron chi connectivity index (χ1n) is 10.7. The van der Waals surface area contributed by atoms with Crippen molar-refractivity contribution in [2.45, 2.75) is 58.4 Å². The van der Waals surface area contributed by atoms with Crippen LogP contribution < -0.4 is 4.90 Å². The average molecular weight is 462 g/mol. The van der Waals surface area contributed by atoms with Crippen molar-refractivity contribution in [3.05, 3.63) is 23.9 Å². The Balaban J connectivity index is 1.47. The first-order valence-corrected chi connectivity index (χ1v) is 12.3. The number of fused-ring (bicyclic) bond motifs is 2. The van der Waals surface area contributed by atoms with Gasteiger partial charge in [-0.1, -0.05) is 13.8 Å². The van der Waals surface area contributed by atoms with Crippen molar-refractivity contribution in [1.29, 1.82) is 0 Å². The summed E-state index contributed by atoms with van der Waals surface area (Å²) in [5, 5.41) is 10.7. The summed E-state index contributed by atoms with van der Waals surface area (Å²) in [7, 11) is -3.60.